The number of amides is 1. The molecule has 1 aliphatic heterocycles. The molecule has 0 unspecified atom stereocenters. The first-order valence-corrected chi connectivity index (χ1v) is 11.1. The van der Waals surface area contributed by atoms with Crippen LogP contribution in [0.1, 0.15) is 57.6 Å². The minimum absolute atomic E-state index is 0.129. The molecule has 4 nitrogen and oxygen atoms in total. The van der Waals surface area contributed by atoms with Crippen molar-refractivity contribution in [1.29, 1.82) is 0 Å². The van der Waals surface area contributed by atoms with Crippen LogP contribution >= 0.6 is 11.8 Å². The smallest absolute Gasteiger partial charge is 0.325 e. The van der Waals surface area contributed by atoms with E-state index < -0.39 is 34.9 Å². The molecule has 1 saturated heterocycles. The molecule has 2 rings (SSSR count). The molecule has 0 saturated carbocycles. The summed E-state index contributed by atoms with van der Waals surface area (Å²) in [4.78, 5) is 39.1. The summed E-state index contributed by atoms with van der Waals surface area (Å²) in [7, 11) is 0. The van der Waals surface area contributed by atoms with Crippen molar-refractivity contribution < 1.29 is 27.6 Å². The van der Waals surface area contributed by atoms with Crippen LogP contribution in [-0.2, 0) is 27.0 Å². The number of Topliss-reactive ketones (excluding diaryl/α,β-unsaturated/α-hetero) is 1. The number of thioether (sulfide) groups is 1. The molecule has 0 aliphatic carbocycles. The molecule has 0 N–H and O–H groups in total. The lowest BCUT2D eigenvalue weighted by Crippen LogP contribution is -2.47. The highest BCUT2D eigenvalue weighted by Gasteiger charge is 2.41. The van der Waals surface area contributed by atoms with E-state index in [0.717, 1.165) is 29.5 Å². The van der Waals surface area contributed by atoms with Gasteiger partial charge in [0.05, 0.1) is 5.56 Å². The Labute approximate surface area is 179 Å². The molecule has 8 heteroatoms. The normalized spacial score (nSPS) is 17.3. The summed E-state index contributed by atoms with van der Waals surface area (Å²) in [5.41, 5.74) is -0.647. The number of benzene rings is 1. The highest BCUT2D eigenvalue weighted by Crippen LogP contribution is 2.30. The van der Waals surface area contributed by atoms with Gasteiger partial charge in [0.2, 0.25) is 10.9 Å². The predicted octanol–water partition coefficient (Wildman–Crippen LogP) is 4.89. The van der Waals surface area contributed by atoms with Crippen LogP contribution in [0.3, 0.4) is 0 Å². The van der Waals surface area contributed by atoms with Crippen molar-refractivity contribution in [1.82, 2.24) is 4.90 Å². The molecule has 0 spiro atoms. The first-order chi connectivity index (χ1) is 14.0. The molecule has 30 heavy (non-hydrogen) atoms. The Morgan fingerprint density at radius 1 is 1.13 bits per heavy atom. The topological polar surface area (TPSA) is 54.5 Å². The number of carbonyl (C=O) groups is 3. The van der Waals surface area contributed by atoms with E-state index in [0.29, 0.717) is 44.4 Å². The maximum absolute atomic E-state index is 12.6. The van der Waals surface area contributed by atoms with Gasteiger partial charge >= 0.3 is 6.18 Å². The highest BCUT2D eigenvalue weighted by atomic mass is 32.2. The van der Waals surface area contributed by atoms with Gasteiger partial charge in [-0.1, -0.05) is 44.7 Å². The number of ketones is 1. The first-order valence-electron chi connectivity index (χ1n) is 10.2. The average Bonchev–Trinajstić information content (AvgIpc) is 3.19. The van der Waals surface area contributed by atoms with Crippen molar-refractivity contribution in [2.75, 3.05) is 12.3 Å². The molecule has 1 aliphatic rings. The van der Waals surface area contributed by atoms with Gasteiger partial charge < -0.3 is 4.90 Å². The van der Waals surface area contributed by atoms with Gasteiger partial charge in [-0.3, -0.25) is 14.4 Å². The zero-order valence-electron chi connectivity index (χ0n) is 17.6. The molecule has 0 radical (unpaired) electrons. The zero-order valence-corrected chi connectivity index (χ0v) is 18.4. The molecule has 1 amide bonds. The van der Waals surface area contributed by atoms with E-state index in [1.165, 1.54) is 17.0 Å². The molecular formula is C22H28F3NO3S. The fourth-order valence-corrected chi connectivity index (χ4v) is 4.17. The second kappa shape index (κ2) is 9.98. The number of hydrogen-bond donors (Lipinski definition) is 0. The SMILES string of the molecule is CCC(C)(C)C(=O)C(=O)N1CCC[C@H]1C(=O)SCCCc1ccc(C(F)(F)F)cc1. The third kappa shape index (κ3) is 6.09. The van der Waals surface area contributed by atoms with Crippen LogP contribution in [0.5, 0.6) is 0 Å². The molecule has 166 valence electrons. The highest BCUT2D eigenvalue weighted by molar-refractivity contribution is 8.13. The van der Waals surface area contributed by atoms with Gasteiger partial charge in [-0.05, 0) is 49.8 Å². The van der Waals surface area contributed by atoms with Crippen LogP contribution in [0.2, 0.25) is 0 Å². The molecule has 1 heterocycles. The molecular weight excluding hydrogens is 415 g/mol. The maximum Gasteiger partial charge on any atom is 0.416 e. The summed E-state index contributed by atoms with van der Waals surface area (Å²) >= 11 is 1.12. The number of rotatable bonds is 8. The van der Waals surface area contributed by atoms with E-state index in [-0.39, 0.29) is 5.12 Å². The van der Waals surface area contributed by atoms with Gasteiger partial charge in [-0.2, -0.15) is 13.2 Å². The molecule has 0 aromatic heterocycles. The summed E-state index contributed by atoms with van der Waals surface area (Å²) in [6, 6.07) is 4.45. The van der Waals surface area contributed by atoms with Gasteiger partial charge in [0.15, 0.2) is 0 Å². The van der Waals surface area contributed by atoms with Crippen molar-refractivity contribution in [3.8, 4) is 0 Å². The monoisotopic (exact) mass is 443 g/mol. The van der Waals surface area contributed by atoms with Crippen molar-refractivity contribution in [3.05, 3.63) is 35.4 Å². The molecule has 1 fully saturated rings. The van der Waals surface area contributed by atoms with Crippen molar-refractivity contribution in [2.24, 2.45) is 5.41 Å². The number of carbonyl (C=O) groups excluding carboxylic acids is 3. The third-order valence-corrected chi connectivity index (χ3v) is 6.66. The quantitative estimate of drug-likeness (QED) is 0.424. The third-order valence-electron chi connectivity index (χ3n) is 5.61. The minimum Gasteiger partial charge on any atom is -0.325 e. The molecule has 0 bridgehead atoms. The molecule has 1 atom stereocenters. The minimum atomic E-state index is -4.35. The first kappa shape index (κ1) is 24.4. The lowest BCUT2D eigenvalue weighted by Gasteiger charge is -2.27. The lowest BCUT2D eigenvalue weighted by molar-refractivity contribution is -0.150. The maximum atomic E-state index is 12.6. The van der Waals surface area contributed by atoms with E-state index >= 15 is 0 Å². The van der Waals surface area contributed by atoms with Gasteiger partial charge in [0.1, 0.15) is 6.04 Å². The Morgan fingerprint density at radius 3 is 2.33 bits per heavy atom. The Kier molecular flexibility index (Phi) is 8.13. The average molecular weight is 444 g/mol. The molecule has 1 aromatic rings. The number of halogens is 3. The van der Waals surface area contributed by atoms with Crippen LogP contribution in [-0.4, -0.2) is 40.0 Å². The second-order valence-electron chi connectivity index (χ2n) is 8.19. The second-order valence-corrected chi connectivity index (χ2v) is 9.29. The summed E-state index contributed by atoms with van der Waals surface area (Å²) in [6.45, 7) is 5.73. The van der Waals surface area contributed by atoms with Crippen LogP contribution in [0.4, 0.5) is 13.2 Å². The summed E-state index contributed by atoms with van der Waals surface area (Å²) in [5.74, 6) is -0.535. The van der Waals surface area contributed by atoms with E-state index in [1.54, 1.807) is 13.8 Å². The summed E-state index contributed by atoms with van der Waals surface area (Å²) < 4.78 is 37.8. The van der Waals surface area contributed by atoms with Gasteiger partial charge in [0.25, 0.3) is 5.91 Å². The number of aryl methyl sites for hydroxylation is 1. The number of hydrogen-bond acceptors (Lipinski definition) is 4. The summed E-state index contributed by atoms with van der Waals surface area (Å²) in [6.07, 6.45) is -1.37. The van der Waals surface area contributed by atoms with Gasteiger partial charge in [-0.25, -0.2) is 0 Å². The van der Waals surface area contributed by atoms with Crippen LogP contribution in [0.25, 0.3) is 0 Å². The summed E-state index contributed by atoms with van der Waals surface area (Å²) in [5, 5.41) is -0.129. The Hall–Kier alpha value is -1.83. The fraction of sp³-hybridized carbons (Fsp3) is 0.591. The fourth-order valence-electron chi connectivity index (χ4n) is 3.24. The van der Waals surface area contributed by atoms with Crippen molar-refractivity contribution in [2.45, 2.75) is 65.1 Å². The van der Waals surface area contributed by atoms with E-state index in [9.17, 15) is 27.6 Å². The van der Waals surface area contributed by atoms with E-state index in [1.807, 2.05) is 6.92 Å². The van der Waals surface area contributed by atoms with Crippen LogP contribution < -0.4 is 0 Å². The number of alkyl halides is 3. The van der Waals surface area contributed by atoms with E-state index in [2.05, 4.69) is 0 Å². The predicted molar refractivity (Wildman–Crippen MR) is 111 cm³/mol. The Morgan fingerprint density at radius 2 is 1.77 bits per heavy atom. The molecule has 1 aromatic carbocycles. The van der Waals surface area contributed by atoms with Crippen molar-refractivity contribution in [3.63, 3.8) is 0 Å². The Bertz CT molecular complexity index is 775. The zero-order chi connectivity index (χ0) is 22.5. The van der Waals surface area contributed by atoms with Crippen LogP contribution in [0, 0.1) is 5.41 Å². The largest absolute Gasteiger partial charge is 0.416 e. The standard InChI is InChI=1S/C22H28F3NO3S/c1-4-21(2,3)18(27)19(28)26-13-5-8-17(26)20(29)30-14-6-7-15-9-11-16(12-10-15)22(23,24)25/h9-12,17H,4-8,13-14H2,1-3H3/t17-/m0/s1. The Balaban J connectivity index is 1.84. The van der Waals surface area contributed by atoms with Gasteiger partial charge in [0, 0.05) is 17.7 Å². The van der Waals surface area contributed by atoms with Crippen LogP contribution in [0.15, 0.2) is 24.3 Å². The lowest BCUT2D eigenvalue weighted by atomic mass is 9.84. The number of likely N-dealkylation sites (tertiary alicyclic amines) is 1. The number of nitrogens with zero attached hydrogens (tertiary/aromatic N) is 1. The van der Waals surface area contributed by atoms with Gasteiger partial charge in [-0.15, -0.1) is 0 Å². The van der Waals surface area contributed by atoms with Crippen molar-refractivity contribution >= 4 is 28.6 Å². The van der Waals surface area contributed by atoms with E-state index in [4.69, 9.17) is 0 Å².